The highest BCUT2D eigenvalue weighted by Gasteiger charge is 2.41. The summed E-state index contributed by atoms with van der Waals surface area (Å²) < 4.78 is 1.57. The zero-order chi connectivity index (χ0) is 16.6. The average Bonchev–Trinajstić information content (AvgIpc) is 3.15. The Kier molecular flexibility index (Phi) is 3.63. The van der Waals surface area contributed by atoms with E-state index in [0.29, 0.717) is 19.5 Å². The molecule has 1 fully saturated rings. The van der Waals surface area contributed by atoms with Gasteiger partial charge in [0.2, 0.25) is 5.91 Å². The second-order valence-corrected chi connectivity index (χ2v) is 6.29. The molecule has 0 bridgehead atoms. The van der Waals surface area contributed by atoms with Crippen molar-refractivity contribution in [2.75, 3.05) is 13.1 Å². The average molecular weight is 313 g/mol. The predicted molar refractivity (Wildman–Crippen MR) is 83.9 cm³/mol. The third-order valence-corrected chi connectivity index (χ3v) is 4.37. The molecule has 1 aliphatic heterocycles. The number of aryl methyl sites for hydroxylation is 1. The molecule has 2 N–H and O–H groups in total. The molecule has 0 spiro atoms. The molecule has 1 aromatic carbocycles. The van der Waals surface area contributed by atoms with Crippen molar-refractivity contribution in [1.29, 1.82) is 0 Å². The number of benzene rings is 1. The molecule has 1 aliphatic rings. The van der Waals surface area contributed by atoms with Crippen LogP contribution in [0.4, 0.5) is 0 Å². The maximum atomic E-state index is 12.5. The van der Waals surface area contributed by atoms with Gasteiger partial charge in [-0.2, -0.15) is 0 Å². The second-order valence-electron chi connectivity index (χ2n) is 6.29. The van der Waals surface area contributed by atoms with E-state index >= 15 is 0 Å². The summed E-state index contributed by atoms with van der Waals surface area (Å²) in [5.41, 5.74) is 7.00. The van der Waals surface area contributed by atoms with Crippen LogP contribution in [0.1, 0.15) is 29.4 Å². The van der Waals surface area contributed by atoms with E-state index in [4.69, 9.17) is 5.73 Å². The minimum Gasteiger partial charge on any atom is -0.369 e. The van der Waals surface area contributed by atoms with Crippen molar-refractivity contribution >= 4 is 11.8 Å². The van der Waals surface area contributed by atoms with Crippen LogP contribution in [0.25, 0.3) is 5.69 Å². The van der Waals surface area contributed by atoms with E-state index in [1.165, 1.54) is 0 Å². The highest BCUT2D eigenvalue weighted by molar-refractivity contribution is 5.93. The van der Waals surface area contributed by atoms with Crippen molar-refractivity contribution < 1.29 is 9.59 Å². The number of rotatable bonds is 3. The van der Waals surface area contributed by atoms with E-state index in [-0.39, 0.29) is 17.5 Å². The van der Waals surface area contributed by atoms with Crippen LogP contribution in [0.5, 0.6) is 0 Å². The van der Waals surface area contributed by atoms with Gasteiger partial charge in [-0.1, -0.05) is 22.9 Å². The zero-order valence-corrected chi connectivity index (χ0v) is 13.2. The van der Waals surface area contributed by atoms with Crippen molar-refractivity contribution in [1.82, 2.24) is 19.9 Å². The second kappa shape index (κ2) is 5.49. The lowest BCUT2D eigenvalue weighted by Crippen LogP contribution is -2.38. The van der Waals surface area contributed by atoms with Gasteiger partial charge in [0.25, 0.3) is 5.91 Å². The fourth-order valence-electron chi connectivity index (χ4n) is 2.68. The molecule has 3 rings (SSSR count). The molecule has 1 saturated heterocycles. The molecule has 120 valence electrons. The number of carbonyl (C=O) groups is 2. The van der Waals surface area contributed by atoms with Crippen LogP contribution >= 0.6 is 0 Å². The minimum absolute atomic E-state index is 0.228. The van der Waals surface area contributed by atoms with Crippen LogP contribution < -0.4 is 5.73 Å². The molecule has 2 amide bonds. The quantitative estimate of drug-likeness (QED) is 0.911. The molecule has 1 aromatic heterocycles. The number of aromatic nitrogens is 3. The van der Waals surface area contributed by atoms with E-state index in [9.17, 15) is 9.59 Å². The Labute approximate surface area is 134 Å². The molecule has 1 unspecified atom stereocenters. The van der Waals surface area contributed by atoms with Gasteiger partial charge in [0.05, 0.1) is 17.3 Å². The molecule has 0 aliphatic carbocycles. The van der Waals surface area contributed by atoms with Crippen molar-refractivity contribution in [3.8, 4) is 5.69 Å². The molecular weight excluding hydrogens is 294 g/mol. The SMILES string of the molecule is Cc1ccc(-n2cc(C(=O)N3CCC(C)(C(N)=O)C3)nn2)cc1. The third-order valence-electron chi connectivity index (χ3n) is 4.37. The van der Waals surface area contributed by atoms with Gasteiger partial charge >= 0.3 is 0 Å². The molecule has 1 atom stereocenters. The predicted octanol–water partition coefficient (Wildman–Crippen LogP) is 0.913. The summed E-state index contributed by atoms with van der Waals surface area (Å²) in [6, 6.07) is 7.77. The Bertz CT molecular complexity index is 752. The number of nitrogens with zero attached hydrogens (tertiary/aromatic N) is 4. The van der Waals surface area contributed by atoms with Gasteiger partial charge in [0, 0.05) is 13.1 Å². The van der Waals surface area contributed by atoms with Crippen LogP contribution in [0, 0.1) is 12.3 Å². The van der Waals surface area contributed by atoms with Gasteiger partial charge < -0.3 is 10.6 Å². The first-order chi connectivity index (χ1) is 10.9. The van der Waals surface area contributed by atoms with Gasteiger partial charge in [-0.05, 0) is 32.4 Å². The standard InChI is InChI=1S/C16H19N5O2/c1-11-3-5-12(6-4-11)21-9-13(18-19-21)14(22)20-8-7-16(2,10-20)15(17)23/h3-6,9H,7-8,10H2,1-2H3,(H2,17,23). The summed E-state index contributed by atoms with van der Waals surface area (Å²) in [6.45, 7) is 4.60. The molecule has 0 radical (unpaired) electrons. The summed E-state index contributed by atoms with van der Waals surface area (Å²) in [4.78, 5) is 25.6. The maximum Gasteiger partial charge on any atom is 0.276 e. The highest BCUT2D eigenvalue weighted by atomic mass is 16.2. The first-order valence-corrected chi connectivity index (χ1v) is 7.48. The highest BCUT2D eigenvalue weighted by Crippen LogP contribution is 2.30. The monoisotopic (exact) mass is 313 g/mol. The van der Waals surface area contributed by atoms with Gasteiger partial charge in [-0.15, -0.1) is 5.10 Å². The number of amides is 2. The van der Waals surface area contributed by atoms with Crippen molar-refractivity contribution in [3.05, 3.63) is 41.7 Å². The summed E-state index contributed by atoms with van der Waals surface area (Å²) >= 11 is 0. The molecule has 0 saturated carbocycles. The molecule has 2 heterocycles. The van der Waals surface area contributed by atoms with Gasteiger partial charge in [-0.3, -0.25) is 9.59 Å². The van der Waals surface area contributed by atoms with E-state index in [2.05, 4.69) is 10.3 Å². The first kappa shape index (κ1) is 15.2. The van der Waals surface area contributed by atoms with E-state index in [0.717, 1.165) is 11.3 Å². The normalized spacial score (nSPS) is 20.7. The molecule has 2 aromatic rings. The number of primary amides is 1. The smallest absolute Gasteiger partial charge is 0.276 e. The fraction of sp³-hybridized carbons (Fsp3) is 0.375. The Morgan fingerprint density at radius 2 is 1.96 bits per heavy atom. The third kappa shape index (κ3) is 2.81. The summed E-state index contributed by atoms with van der Waals surface area (Å²) in [7, 11) is 0. The lowest BCUT2D eigenvalue weighted by atomic mass is 9.89. The lowest BCUT2D eigenvalue weighted by molar-refractivity contribution is -0.126. The van der Waals surface area contributed by atoms with Crippen LogP contribution in [-0.2, 0) is 4.79 Å². The van der Waals surface area contributed by atoms with Crippen molar-refractivity contribution in [3.63, 3.8) is 0 Å². The molecule has 23 heavy (non-hydrogen) atoms. The Balaban J connectivity index is 1.77. The van der Waals surface area contributed by atoms with Gasteiger partial charge in [-0.25, -0.2) is 4.68 Å². The topological polar surface area (TPSA) is 94.1 Å². The number of hydrogen-bond acceptors (Lipinski definition) is 4. The summed E-state index contributed by atoms with van der Waals surface area (Å²) in [6.07, 6.45) is 2.17. The Morgan fingerprint density at radius 1 is 1.26 bits per heavy atom. The van der Waals surface area contributed by atoms with Crippen LogP contribution in [0.3, 0.4) is 0 Å². The first-order valence-electron chi connectivity index (χ1n) is 7.48. The largest absolute Gasteiger partial charge is 0.369 e. The molecule has 7 nitrogen and oxygen atoms in total. The van der Waals surface area contributed by atoms with E-state index < -0.39 is 5.41 Å². The number of carbonyl (C=O) groups excluding carboxylic acids is 2. The summed E-state index contributed by atoms with van der Waals surface area (Å²) in [5.74, 6) is -0.607. The van der Waals surface area contributed by atoms with Crippen molar-refractivity contribution in [2.45, 2.75) is 20.3 Å². The van der Waals surface area contributed by atoms with E-state index in [1.54, 1.807) is 22.7 Å². The molecule has 7 heteroatoms. The van der Waals surface area contributed by atoms with Crippen LogP contribution in [0.15, 0.2) is 30.5 Å². The lowest BCUT2D eigenvalue weighted by Gasteiger charge is -2.20. The zero-order valence-electron chi connectivity index (χ0n) is 13.2. The Hall–Kier alpha value is -2.70. The Morgan fingerprint density at radius 3 is 2.57 bits per heavy atom. The van der Waals surface area contributed by atoms with Crippen molar-refractivity contribution in [2.24, 2.45) is 11.1 Å². The van der Waals surface area contributed by atoms with Gasteiger partial charge in [0.15, 0.2) is 5.69 Å². The van der Waals surface area contributed by atoms with Crippen LogP contribution in [-0.4, -0.2) is 44.8 Å². The summed E-state index contributed by atoms with van der Waals surface area (Å²) in [5, 5.41) is 7.97. The van der Waals surface area contributed by atoms with Gasteiger partial charge in [0.1, 0.15) is 0 Å². The number of likely N-dealkylation sites (tertiary alicyclic amines) is 1. The maximum absolute atomic E-state index is 12.5. The van der Waals surface area contributed by atoms with Crippen LogP contribution in [0.2, 0.25) is 0 Å². The van der Waals surface area contributed by atoms with E-state index in [1.807, 2.05) is 31.2 Å². The number of nitrogens with two attached hydrogens (primary N) is 1. The minimum atomic E-state index is -0.664. The number of hydrogen-bond donors (Lipinski definition) is 1. The molecular formula is C16H19N5O2. The fourth-order valence-corrected chi connectivity index (χ4v) is 2.68.